The fourth-order valence-electron chi connectivity index (χ4n) is 1.23. The Labute approximate surface area is 96.8 Å². The maximum Gasteiger partial charge on any atom is 0.113 e. The van der Waals surface area contributed by atoms with E-state index in [9.17, 15) is 0 Å². The summed E-state index contributed by atoms with van der Waals surface area (Å²) in [4.78, 5) is 0. The summed E-state index contributed by atoms with van der Waals surface area (Å²) in [7, 11) is 0. The van der Waals surface area contributed by atoms with Crippen LogP contribution < -0.4 is 5.32 Å². The van der Waals surface area contributed by atoms with Gasteiger partial charge < -0.3 is 9.73 Å². The van der Waals surface area contributed by atoms with Gasteiger partial charge in [0.05, 0.1) is 12.0 Å². The number of rotatable bonds is 8. The zero-order valence-corrected chi connectivity index (χ0v) is 10.5. The van der Waals surface area contributed by atoms with E-state index in [0.717, 1.165) is 36.3 Å². The lowest BCUT2D eigenvalue weighted by Crippen LogP contribution is -2.19. The highest BCUT2D eigenvalue weighted by Gasteiger charge is 1.96. The van der Waals surface area contributed by atoms with E-state index in [1.54, 1.807) is 6.26 Å². The highest BCUT2D eigenvalue weighted by atomic mass is 32.2. The lowest BCUT2D eigenvalue weighted by atomic mass is 10.1. The van der Waals surface area contributed by atoms with Gasteiger partial charge in [-0.3, -0.25) is 0 Å². The summed E-state index contributed by atoms with van der Waals surface area (Å²) in [6.45, 7) is 6.75. The molecule has 1 aromatic rings. The molecule has 86 valence electrons. The second-order valence-electron chi connectivity index (χ2n) is 4.06. The van der Waals surface area contributed by atoms with Gasteiger partial charge in [0.1, 0.15) is 5.76 Å². The van der Waals surface area contributed by atoms with E-state index in [4.69, 9.17) is 4.42 Å². The van der Waals surface area contributed by atoms with Crippen LogP contribution in [0, 0.1) is 5.92 Å². The van der Waals surface area contributed by atoms with Gasteiger partial charge in [-0.15, -0.1) is 0 Å². The fraction of sp³-hybridized carbons (Fsp3) is 0.667. The number of nitrogens with one attached hydrogen (secondary N) is 1. The van der Waals surface area contributed by atoms with Crippen LogP contribution >= 0.6 is 11.8 Å². The Balaban J connectivity index is 1.85. The van der Waals surface area contributed by atoms with Gasteiger partial charge in [0, 0.05) is 12.3 Å². The van der Waals surface area contributed by atoms with Crippen molar-refractivity contribution in [2.45, 2.75) is 26.0 Å². The number of furan rings is 1. The molecule has 0 atom stereocenters. The Morgan fingerprint density at radius 1 is 1.40 bits per heavy atom. The molecular weight excluding hydrogens is 206 g/mol. The van der Waals surface area contributed by atoms with Gasteiger partial charge in [0.2, 0.25) is 0 Å². The zero-order valence-electron chi connectivity index (χ0n) is 9.66. The summed E-state index contributed by atoms with van der Waals surface area (Å²) < 4.78 is 5.25. The maximum absolute atomic E-state index is 5.25. The van der Waals surface area contributed by atoms with Gasteiger partial charge in [-0.2, -0.15) is 11.8 Å². The first-order chi connectivity index (χ1) is 7.29. The van der Waals surface area contributed by atoms with Crippen LogP contribution in [0.25, 0.3) is 0 Å². The summed E-state index contributed by atoms with van der Waals surface area (Å²) in [5, 5.41) is 3.45. The quantitative estimate of drug-likeness (QED) is 0.691. The maximum atomic E-state index is 5.25. The third-order valence-corrected chi connectivity index (χ3v) is 3.13. The summed E-state index contributed by atoms with van der Waals surface area (Å²) in [5.74, 6) is 4.01. The summed E-state index contributed by atoms with van der Waals surface area (Å²) >= 11 is 1.91. The van der Waals surface area contributed by atoms with Gasteiger partial charge in [0.15, 0.2) is 0 Å². The number of thioether (sulfide) groups is 1. The van der Waals surface area contributed by atoms with E-state index in [1.807, 2.05) is 23.9 Å². The topological polar surface area (TPSA) is 25.2 Å². The molecule has 1 aromatic heterocycles. The first-order valence-corrected chi connectivity index (χ1v) is 6.75. The van der Waals surface area contributed by atoms with E-state index >= 15 is 0 Å². The molecule has 0 aromatic carbocycles. The van der Waals surface area contributed by atoms with Crippen molar-refractivity contribution in [1.29, 1.82) is 0 Å². The molecule has 1 heterocycles. The highest BCUT2D eigenvalue weighted by Crippen LogP contribution is 2.11. The molecule has 1 N–H and O–H groups in total. The molecule has 0 aliphatic rings. The van der Waals surface area contributed by atoms with Crippen molar-refractivity contribution in [3.05, 3.63) is 24.2 Å². The fourth-order valence-corrected chi connectivity index (χ4v) is 2.03. The molecule has 0 fully saturated rings. The van der Waals surface area contributed by atoms with Crippen LogP contribution in [0.4, 0.5) is 0 Å². The van der Waals surface area contributed by atoms with E-state index in [-0.39, 0.29) is 0 Å². The summed E-state index contributed by atoms with van der Waals surface area (Å²) in [6, 6.07) is 3.97. The standard InChI is InChI=1S/C12H21NOS/c1-11(2)5-6-13-7-9-15-10-12-4-3-8-14-12/h3-4,8,11,13H,5-7,9-10H2,1-2H3. The second-order valence-corrected chi connectivity index (χ2v) is 5.17. The van der Waals surface area contributed by atoms with Crippen LogP contribution in [0.5, 0.6) is 0 Å². The molecule has 1 rings (SSSR count). The molecule has 0 aliphatic heterocycles. The van der Waals surface area contributed by atoms with Crippen molar-refractivity contribution in [1.82, 2.24) is 5.32 Å². The van der Waals surface area contributed by atoms with Crippen molar-refractivity contribution >= 4 is 11.8 Å². The van der Waals surface area contributed by atoms with Crippen LogP contribution in [0.15, 0.2) is 22.8 Å². The van der Waals surface area contributed by atoms with Crippen molar-refractivity contribution in [3.8, 4) is 0 Å². The third-order valence-electron chi connectivity index (χ3n) is 2.15. The SMILES string of the molecule is CC(C)CCNCCSCc1ccco1. The van der Waals surface area contributed by atoms with E-state index < -0.39 is 0 Å². The minimum absolute atomic E-state index is 0.799. The number of hydrogen-bond acceptors (Lipinski definition) is 3. The van der Waals surface area contributed by atoms with Crippen molar-refractivity contribution < 1.29 is 4.42 Å². The van der Waals surface area contributed by atoms with Crippen LogP contribution in [0.2, 0.25) is 0 Å². The van der Waals surface area contributed by atoms with Gasteiger partial charge >= 0.3 is 0 Å². The van der Waals surface area contributed by atoms with Crippen molar-refractivity contribution in [2.24, 2.45) is 5.92 Å². The minimum Gasteiger partial charge on any atom is -0.468 e. The molecule has 0 radical (unpaired) electrons. The lowest BCUT2D eigenvalue weighted by Gasteiger charge is -2.06. The molecule has 0 spiro atoms. The van der Waals surface area contributed by atoms with Crippen LogP contribution in [0.1, 0.15) is 26.0 Å². The molecule has 15 heavy (non-hydrogen) atoms. The molecule has 3 heteroatoms. The van der Waals surface area contributed by atoms with Crippen molar-refractivity contribution in [2.75, 3.05) is 18.8 Å². The van der Waals surface area contributed by atoms with E-state index in [1.165, 1.54) is 6.42 Å². The average molecular weight is 227 g/mol. The smallest absolute Gasteiger partial charge is 0.113 e. The second kappa shape index (κ2) is 7.83. The van der Waals surface area contributed by atoms with E-state index in [2.05, 4.69) is 19.2 Å². The molecule has 0 unspecified atom stereocenters. The monoisotopic (exact) mass is 227 g/mol. The molecule has 0 bridgehead atoms. The normalized spacial score (nSPS) is 11.1. The first kappa shape index (κ1) is 12.7. The number of hydrogen-bond donors (Lipinski definition) is 1. The third kappa shape index (κ3) is 6.63. The Morgan fingerprint density at radius 3 is 2.93 bits per heavy atom. The van der Waals surface area contributed by atoms with Gasteiger partial charge in [-0.1, -0.05) is 13.8 Å². The van der Waals surface area contributed by atoms with Gasteiger partial charge in [-0.25, -0.2) is 0 Å². The van der Waals surface area contributed by atoms with Crippen molar-refractivity contribution in [3.63, 3.8) is 0 Å². The molecule has 0 amide bonds. The predicted molar refractivity (Wildman–Crippen MR) is 67.2 cm³/mol. The largest absolute Gasteiger partial charge is 0.468 e. The first-order valence-electron chi connectivity index (χ1n) is 5.60. The van der Waals surface area contributed by atoms with Crippen LogP contribution in [-0.2, 0) is 5.75 Å². The Hall–Kier alpha value is -0.410. The molecular formula is C12H21NOS. The average Bonchev–Trinajstić information content (AvgIpc) is 2.68. The molecule has 0 saturated carbocycles. The lowest BCUT2D eigenvalue weighted by molar-refractivity contribution is 0.530. The Bertz CT molecular complexity index is 234. The van der Waals surface area contributed by atoms with Crippen LogP contribution in [-0.4, -0.2) is 18.8 Å². The molecule has 0 aliphatic carbocycles. The van der Waals surface area contributed by atoms with Gasteiger partial charge in [0.25, 0.3) is 0 Å². The molecule has 2 nitrogen and oxygen atoms in total. The van der Waals surface area contributed by atoms with Crippen LogP contribution in [0.3, 0.4) is 0 Å². The Morgan fingerprint density at radius 2 is 2.27 bits per heavy atom. The summed E-state index contributed by atoms with van der Waals surface area (Å²) in [6.07, 6.45) is 3.00. The summed E-state index contributed by atoms with van der Waals surface area (Å²) in [5.41, 5.74) is 0. The predicted octanol–water partition coefficient (Wildman–Crippen LogP) is 3.15. The minimum atomic E-state index is 0.799. The highest BCUT2D eigenvalue weighted by molar-refractivity contribution is 7.98. The Kier molecular flexibility index (Phi) is 6.60. The zero-order chi connectivity index (χ0) is 10.9. The molecule has 0 saturated heterocycles. The van der Waals surface area contributed by atoms with E-state index in [0.29, 0.717) is 0 Å². The van der Waals surface area contributed by atoms with Gasteiger partial charge in [-0.05, 0) is 31.0 Å².